The SMILES string of the molecule is O=C(NC1CCCC1)N1C[C@@H]2C[C@@H]3[C@@](C1)(CN(Cc1cccnc1)S3(=O)=O)O2. The molecule has 0 unspecified atom stereocenters. The molecule has 2 bridgehead atoms. The number of pyridine rings is 1. The summed E-state index contributed by atoms with van der Waals surface area (Å²) in [6.07, 6.45) is 7.98. The van der Waals surface area contributed by atoms with E-state index in [1.54, 1.807) is 23.4 Å². The van der Waals surface area contributed by atoms with Crippen LogP contribution in [0, 0.1) is 0 Å². The molecule has 1 N–H and O–H groups in total. The molecular formula is C19H26N4O4S. The fourth-order valence-corrected chi connectivity index (χ4v) is 7.57. The van der Waals surface area contributed by atoms with Crippen molar-refractivity contribution in [3.05, 3.63) is 30.1 Å². The molecular weight excluding hydrogens is 380 g/mol. The van der Waals surface area contributed by atoms with E-state index in [2.05, 4.69) is 10.3 Å². The molecule has 152 valence electrons. The lowest BCUT2D eigenvalue weighted by Gasteiger charge is -2.39. The highest BCUT2D eigenvalue weighted by molar-refractivity contribution is 7.90. The van der Waals surface area contributed by atoms with Crippen molar-refractivity contribution in [2.75, 3.05) is 19.6 Å². The maximum absolute atomic E-state index is 13.2. The molecule has 1 aliphatic carbocycles. The highest BCUT2D eigenvalue weighted by Crippen LogP contribution is 2.47. The Morgan fingerprint density at radius 3 is 2.89 bits per heavy atom. The Bertz CT molecular complexity index is 858. The number of carbonyl (C=O) groups excluding carboxylic acids is 1. The molecule has 4 fully saturated rings. The number of ether oxygens (including phenoxy) is 1. The summed E-state index contributed by atoms with van der Waals surface area (Å²) in [7, 11) is -3.48. The Morgan fingerprint density at radius 1 is 1.32 bits per heavy atom. The first-order valence-electron chi connectivity index (χ1n) is 10.1. The van der Waals surface area contributed by atoms with Gasteiger partial charge in [0.25, 0.3) is 0 Å². The first-order chi connectivity index (χ1) is 13.5. The van der Waals surface area contributed by atoms with Crippen molar-refractivity contribution in [2.24, 2.45) is 0 Å². The van der Waals surface area contributed by atoms with Gasteiger partial charge in [0.15, 0.2) is 0 Å². The molecule has 28 heavy (non-hydrogen) atoms. The van der Waals surface area contributed by atoms with Crippen molar-refractivity contribution < 1.29 is 17.9 Å². The van der Waals surface area contributed by atoms with Crippen molar-refractivity contribution in [1.29, 1.82) is 0 Å². The lowest BCUT2D eigenvalue weighted by molar-refractivity contribution is -0.0959. The Labute approximate surface area is 165 Å². The zero-order valence-electron chi connectivity index (χ0n) is 15.8. The van der Waals surface area contributed by atoms with Gasteiger partial charge in [-0.15, -0.1) is 0 Å². The van der Waals surface area contributed by atoms with Crippen LogP contribution >= 0.6 is 0 Å². The molecule has 1 aromatic rings. The third-order valence-electron chi connectivity index (χ3n) is 6.56. The topological polar surface area (TPSA) is 91.8 Å². The zero-order chi connectivity index (χ0) is 19.4. The summed E-state index contributed by atoms with van der Waals surface area (Å²) < 4.78 is 34.1. The quantitative estimate of drug-likeness (QED) is 0.811. The number of hydrogen-bond acceptors (Lipinski definition) is 5. The lowest BCUT2D eigenvalue weighted by Crippen LogP contribution is -2.59. The van der Waals surface area contributed by atoms with Gasteiger partial charge in [-0.1, -0.05) is 18.9 Å². The van der Waals surface area contributed by atoms with Crippen LogP contribution in [-0.2, 0) is 21.3 Å². The average Bonchev–Trinajstić information content (AvgIpc) is 3.31. The van der Waals surface area contributed by atoms with E-state index >= 15 is 0 Å². The number of aromatic nitrogens is 1. The summed E-state index contributed by atoms with van der Waals surface area (Å²) in [6.45, 7) is 1.37. The maximum atomic E-state index is 13.2. The van der Waals surface area contributed by atoms with E-state index in [0.717, 1.165) is 31.2 Å². The molecule has 3 aliphatic heterocycles. The maximum Gasteiger partial charge on any atom is 0.317 e. The van der Waals surface area contributed by atoms with Crippen LogP contribution in [0.15, 0.2) is 24.5 Å². The number of nitrogens with one attached hydrogen (secondary N) is 1. The van der Waals surface area contributed by atoms with Crippen LogP contribution in [0.2, 0.25) is 0 Å². The molecule has 8 nitrogen and oxygen atoms in total. The lowest BCUT2D eigenvalue weighted by atomic mass is 9.99. The monoisotopic (exact) mass is 406 g/mol. The van der Waals surface area contributed by atoms with Gasteiger partial charge >= 0.3 is 6.03 Å². The summed E-state index contributed by atoms with van der Waals surface area (Å²) in [5.41, 5.74) is 0.0300. The minimum absolute atomic E-state index is 0.0802. The highest BCUT2D eigenvalue weighted by Gasteiger charge is 2.65. The zero-order valence-corrected chi connectivity index (χ0v) is 16.6. The van der Waals surface area contributed by atoms with Crippen molar-refractivity contribution in [1.82, 2.24) is 19.5 Å². The molecule has 9 heteroatoms. The number of carbonyl (C=O) groups is 1. The average molecular weight is 407 g/mol. The van der Waals surface area contributed by atoms with E-state index in [4.69, 9.17) is 4.74 Å². The molecule has 0 radical (unpaired) electrons. The Hall–Kier alpha value is -1.71. The van der Waals surface area contributed by atoms with Gasteiger partial charge < -0.3 is 15.0 Å². The van der Waals surface area contributed by atoms with Crippen LogP contribution < -0.4 is 5.32 Å². The number of rotatable bonds is 3. The van der Waals surface area contributed by atoms with Crippen LogP contribution in [0.1, 0.15) is 37.7 Å². The predicted octanol–water partition coefficient (Wildman–Crippen LogP) is 1.09. The molecule has 3 saturated heterocycles. The smallest absolute Gasteiger partial charge is 0.317 e. The number of likely N-dealkylation sites (tertiary alicyclic amines) is 1. The molecule has 1 saturated carbocycles. The number of amides is 2. The first-order valence-corrected chi connectivity index (χ1v) is 11.6. The van der Waals surface area contributed by atoms with Gasteiger partial charge in [0.1, 0.15) is 10.9 Å². The van der Waals surface area contributed by atoms with Crippen LogP contribution in [0.25, 0.3) is 0 Å². The molecule has 2 amide bonds. The van der Waals surface area contributed by atoms with Gasteiger partial charge in [0.2, 0.25) is 10.0 Å². The minimum Gasteiger partial charge on any atom is -0.365 e. The van der Waals surface area contributed by atoms with Gasteiger partial charge in [-0.2, -0.15) is 4.31 Å². The van der Waals surface area contributed by atoms with Gasteiger partial charge in [-0.05, 0) is 30.9 Å². The van der Waals surface area contributed by atoms with Crippen molar-refractivity contribution in [3.63, 3.8) is 0 Å². The molecule has 1 aromatic heterocycles. The standard InChI is InChI=1S/C19H26N4O4S/c24-18(21-15-5-1-2-6-15)22-11-16-8-17-19(12-22,27-16)13-23(28(17,25)26)10-14-4-3-7-20-9-14/h3-4,7,9,15-17H,1-2,5-6,8,10-13H2,(H,21,24)/t16-,17+,19+/m0/s1. The Balaban J connectivity index is 1.34. The largest absolute Gasteiger partial charge is 0.365 e. The van der Waals surface area contributed by atoms with E-state index in [9.17, 15) is 13.2 Å². The third kappa shape index (κ3) is 3.00. The second-order valence-electron chi connectivity index (χ2n) is 8.51. The van der Waals surface area contributed by atoms with Crippen LogP contribution in [0.3, 0.4) is 0 Å². The van der Waals surface area contributed by atoms with E-state index in [1.165, 1.54) is 4.31 Å². The van der Waals surface area contributed by atoms with Gasteiger partial charge in [0, 0.05) is 38.1 Å². The molecule has 4 heterocycles. The normalized spacial score (nSPS) is 34.5. The summed E-state index contributed by atoms with van der Waals surface area (Å²) in [5, 5.41) is 2.55. The minimum atomic E-state index is -3.48. The number of morpholine rings is 1. The molecule has 4 aliphatic rings. The molecule has 5 rings (SSSR count). The summed E-state index contributed by atoms with van der Waals surface area (Å²) >= 11 is 0. The van der Waals surface area contributed by atoms with E-state index in [0.29, 0.717) is 26.1 Å². The van der Waals surface area contributed by atoms with Gasteiger partial charge in [0.05, 0.1) is 12.6 Å². The fourth-order valence-electron chi connectivity index (χ4n) is 5.28. The van der Waals surface area contributed by atoms with Crippen LogP contribution in [0.4, 0.5) is 4.79 Å². The second kappa shape index (κ2) is 6.67. The number of urea groups is 1. The number of sulfonamides is 1. The fraction of sp³-hybridized carbons (Fsp3) is 0.684. The summed E-state index contributed by atoms with van der Waals surface area (Å²) in [4.78, 5) is 18.6. The highest BCUT2D eigenvalue weighted by atomic mass is 32.2. The Morgan fingerprint density at radius 2 is 2.14 bits per heavy atom. The van der Waals surface area contributed by atoms with Crippen LogP contribution in [0.5, 0.6) is 0 Å². The van der Waals surface area contributed by atoms with E-state index in [-0.39, 0.29) is 24.7 Å². The number of nitrogens with zero attached hydrogens (tertiary/aromatic N) is 3. The summed E-state index contributed by atoms with van der Waals surface area (Å²) in [6, 6.07) is 3.85. The van der Waals surface area contributed by atoms with Crippen molar-refractivity contribution >= 4 is 16.1 Å². The Kier molecular flexibility index (Phi) is 4.37. The van der Waals surface area contributed by atoms with Gasteiger partial charge in [-0.25, -0.2) is 13.2 Å². The van der Waals surface area contributed by atoms with Crippen molar-refractivity contribution in [3.8, 4) is 0 Å². The van der Waals surface area contributed by atoms with E-state index < -0.39 is 20.9 Å². The molecule has 1 spiro atoms. The number of hydrogen-bond donors (Lipinski definition) is 1. The van der Waals surface area contributed by atoms with E-state index in [1.807, 2.05) is 6.07 Å². The summed E-state index contributed by atoms with van der Waals surface area (Å²) in [5.74, 6) is 0. The second-order valence-corrected chi connectivity index (χ2v) is 10.6. The molecule has 3 atom stereocenters. The van der Waals surface area contributed by atoms with Gasteiger partial charge in [-0.3, -0.25) is 4.98 Å². The third-order valence-corrected chi connectivity index (χ3v) is 8.88. The van der Waals surface area contributed by atoms with Crippen molar-refractivity contribution in [2.45, 2.75) is 61.6 Å². The number of fused-ring (bicyclic) bond motifs is 1. The van der Waals surface area contributed by atoms with Crippen LogP contribution in [-0.4, -0.2) is 71.3 Å². The predicted molar refractivity (Wildman–Crippen MR) is 102 cm³/mol. The first kappa shape index (κ1) is 18.3. The molecule has 0 aromatic carbocycles.